The lowest BCUT2D eigenvalue weighted by Crippen LogP contribution is -1.82. The van der Waals surface area contributed by atoms with E-state index in [1.807, 2.05) is 0 Å². The lowest BCUT2D eigenvalue weighted by Gasteiger charge is -1.67. The number of carbonyl (C=O) groups is 1. The molecular weight excluding hydrogens is 128 g/mol. The van der Waals surface area contributed by atoms with Crippen LogP contribution in [0.2, 0.25) is 0 Å². The fourth-order valence-corrected chi connectivity index (χ4v) is 0.884. The first kappa shape index (κ1) is 9.21. The monoisotopic (exact) mass is 142 g/mol. The molecule has 0 amide bonds. The summed E-state index contributed by atoms with van der Waals surface area (Å²) in [6, 6.07) is 0. The SMILES string of the molecule is C1CCCC1.C=CC(=O)O. The van der Waals surface area contributed by atoms with Gasteiger partial charge in [-0.25, -0.2) is 4.79 Å². The van der Waals surface area contributed by atoms with Crippen molar-refractivity contribution in [3.05, 3.63) is 12.7 Å². The summed E-state index contributed by atoms with van der Waals surface area (Å²) in [6.07, 6.45) is 8.33. The summed E-state index contributed by atoms with van der Waals surface area (Å²) in [5, 5.41) is 7.60. The highest BCUT2D eigenvalue weighted by atomic mass is 16.4. The molecule has 10 heavy (non-hydrogen) atoms. The van der Waals surface area contributed by atoms with E-state index in [1.54, 1.807) is 0 Å². The zero-order chi connectivity index (χ0) is 7.82. The Morgan fingerprint density at radius 3 is 1.50 bits per heavy atom. The molecule has 1 rings (SSSR count). The van der Waals surface area contributed by atoms with E-state index in [1.165, 1.54) is 32.1 Å². The predicted octanol–water partition coefficient (Wildman–Crippen LogP) is 2.21. The fraction of sp³-hybridized carbons (Fsp3) is 0.625. The Hall–Kier alpha value is -0.790. The average Bonchev–Trinajstić information content (AvgIpc) is 2.43. The normalized spacial score (nSPS) is 15.2. The molecule has 0 atom stereocenters. The minimum Gasteiger partial charge on any atom is -0.478 e. The van der Waals surface area contributed by atoms with Gasteiger partial charge in [0.05, 0.1) is 0 Å². The molecule has 0 saturated heterocycles. The Morgan fingerprint density at radius 2 is 1.40 bits per heavy atom. The van der Waals surface area contributed by atoms with E-state index in [9.17, 15) is 4.79 Å². The van der Waals surface area contributed by atoms with Crippen molar-refractivity contribution >= 4 is 5.97 Å². The topological polar surface area (TPSA) is 37.3 Å². The standard InChI is InChI=1S/C5H10.C3H4O2/c1-2-4-5-3-1;1-2-3(4)5/h1-5H2;2H,1H2,(H,4,5). The number of hydrogen-bond donors (Lipinski definition) is 1. The van der Waals surface area contributed by atoms with Crippen LogP contribution >= 0.6 is 0 Å². The third-order valence-electron chi connectivity index (χ3n) is 1.42. The molecule has 2 heteroatoms. The maximum Gasteiger partial charge on any atom is 0.327 e. The van der Waals surface area contributed by atoms with Gasteiger partial charge in [0.2, 0.25) is 0 Å². The van der Waals surface area contributed by atoms with Gasteiger partial charge in [0, 0.05) is 6.08 Å². The van der Waals surface area contributed by atoms with Crippen LogP contribution in [0.3, 0.4) is 0 Å². The Balaban J connectivity index is 0.000000162. The molecule has 0 aromatic carbocycles. The molecule has 58 valence electrons. The van der Waals surface area contributed by atoms with E-state index in [0.29, 0.717) is 0 Å². The van der Waals surface area contributed by atoms with E-state index in [0.717, 1.165) is 6.08 Å². The summed E-state index contributed by atoms with van der Waals surface area (Å²) < 4.78 is 0. The third-order valence-corrected chi connectivity index (χ3v) is 1.42. The summed E-state index contributed by atoms with van der Waals surface area (Å²) in [6.45, 7) is 2.96. The lowest BCUT2D eigenvalue weighted by molar-refractivity contribution is -0.131. The van der Waals surface area contributed by atoms with Crippen LogP contribution in [-0.4, -0.2) is 11.1 Å². The van der Waals surface area contributed by atoms with Crippen LogP contribution < -0.4 is 0 Å². The van der Waals surface area contributed by atoms with E-state index in [2.05, 4.69) is 6.58 Å². The molecule has 1 aliphatic carbocycles. The van der Waals surface area contributed by atoms with Crippen LogP contribution in [-0.2, 0) is 4.79 Å². The minimum absolute atomic E-state index is 0.833. The van der Waals surface area contributed by atoms with Gasteiger partial charge in [-0.3, -0.25) is 0 Å². The zero-order valence-electron chi connectivity index (χ0n) is 6.18. The Morgan fingerprint density at radius 1 is 1.20 bits per heavy atom. The fourth-order valence-electron chi connectivity index (χ4n) is 0.884. The maximum atomic E-state index is 9.25. The van der Waals surface area contributed by atoms with Crippen molar-refractivity contribution in [1.82, 2.24) is 0 Å². The Kier molecular flexibility index (Phi) is 5.83. The molecule has 1 saturated carbocycles. The highest BCUT2D eigenvalue weighted by molar-refractivity contribution is 5.78. The molecule has 1 fully saturated rings. The third kappa shape index (κ3) is 7.21. The molecule has 0 aromatic rings. The zero-order valence-corrected chi connectivity index (χ0v) is 6.18. The van der Waals surface area contributed by atoms with Crippen molar-refractivity contribution in [3.63, 3.8) is 0 Å². The van der Waals surface area contributed by atoms with E-state index in [-0.39, 0.29) is 0 Å². The molecule has 2 nitrogen and oxygen atoms in total. The number of hydrogen-bond acceptors (Lipinski definition) is 1. The number of carboxylic acids is 1. The van der Waals surface area contributed by atoms with Crippen LogP contribution in [0.5, 0.6) is 0 Å². The van der Waals surface area contributed by atoms with E-state index in [4.69, 9.17) is 5.11 Å². The second kappa shape index (κ2) is 6.33. The van der Waals surface area contributed by atoms with Gasteiger partial charge < -0.3 is 5.11 Å². The first-order chi connectivity index (χ1) is 4.77. The van der Waals surface area contributed by atoms with Gasteiger partial charge in [-0.2, -0.15) is 0 Å². The summed E-state index contributed by atoms with van der Waals surface area (Å²) >= 11 is 0. The van der Waals surface area contributed by atoms with Crippen LogP contribution in [0.4, 0.5) is 0 Å². The molecule has 0 radical (unpaired) electrons. The van der Waals surface area contributed by atoms with Gasteiger partial charge in [0.25, 0.3) is 0 Å². The smallest absolute Gasteiger partial charge is 0.327 e. The van der Waals surface area contributed by atoms with Gasteiger partial charge in [-0.15, -0.1) is 0 Å². The number of rotatable bonds is 1. The van der Waals surface area contributed by atoms with Crippen molar-refractivity contribution in [2.75, 3.05) is 0 Å². The minimum atomic E-state index is -0.981. The molecule has 0 aliphatic heterocycles. The first-order valence-electron chi connectivity index (χ1n) is 3.62. The van der Waals surface area contributed by atoms with Crippen LogP contribution in [0.1, 0.15) is 32.1 Å². The molecule has 1 aliphatic rings. The van der Waals surface area contributed by atoms with E-state index >= 15 is 0 Å². The molecule has 0 unspecified atom stereocenters. The molecular formula is C8H14O2. The van der Waals surface area contributed by atoms with E-state index < -0.39 is 5.97 Å². The lowest BCUT2D eigenvalue weighted by atomic mass is 10.4. The largest absolute Gasteiger partial charge is 0.478 e. The van der Waals surface area contributed by atoms with Crippen LogP contribution in [0, 0.1) is 0 Å². The van der Waals surface area contributed by atoms with Crippen molar-refractivity contribution in [2.45, 2.75) is 32.1 Å². The number of aliphatic carboxylic acids is 1. The molecule has 0 bridgehead atoms. The first-order valence-corrected chi connectivity index (χ1v) is 3.62. The van der Waals surface area contributed by atoms with Crippen LogP contribution in [0.25, 0.3) is 0 Å². The summed E-state index contributed by atoms with van der Waals surface area (Å²) in [4.78, 5) is 9.25. The van der Waals surface area contributed by atoms with Crippen molar-refractivity contribution in [1.29, 1.82) is 0 Å². The Labute approximate surface area is 61.6 Å². The molecule has 0 heterocycles. The molecule has 0 spiro atoms. The quantitative estimate of drug-likeness (QED) is 0.570. The van der Waals surface area contributed by atoms with Gasteiger partial charge in [-0.1, -0.05) is 38.7 Å². The predicted molar refractivity (Wildman–Crippen MR) is 40.9 cm³/mol. The highest BCUT2D eigenvalue weighted by Gasteiger charge is 1.95. The van der Waals surface area contributed by atoms with Gasteiger partial charge in [-0.05, 0) is 0 Å². The second-order valence-electron chi connectivity index (χ2n) is 2.31. The number of carboxylic acid groups (broad SMARTS) is 1. The average molecular weight is 142 g/mol. The summed E-state index contributed by atoms with van der Waals surface area (Å²) in [7, 11) is 0. The second-order valence-corrected chi connectivity index (χ2v) is 2.31. The summed E-state index contributed by atoms with van der Waals surface area (Å²) in [5.41, 5.74) is 0. The van der Waals surface area contributed by atoms with Crippen molar-refractivity contribution < 1.29 is 9.90 Å². The van der Waals surface area contributed by atoms with Crippen molar-refractivity contribution in [3.8, 4) is 0 Å². The highest BCUT2D eigenvalue weighted by Crippen LogP contribution is 2.15. The molecule has 1 N–H and O–H groups in total. The Bertz CT molecular complexity index is 96.2. The van der Waals surface area contributed by atoms with Gasteiger partial charge in [0.1, 0.15) is 0 Å². The van der Waals surface area contributed by atoms with Gasteiger partial charge in [0.15, 0.2) is 0 Å². The van der Waals surface area contributed by atoms with Gasteiger partial charge >= 0.3 is 5.97 Å². The van der Waals surface area contributed by atoms with Crippen molar-refractivity contribution in [2.24, 2.45) is 0 Å². The van der Waals surface area contributed by atoms with Crippen LogP contribution in [0.15, 0.2) is 12.7 Å². The molecule has 0 aromatic heterocycles. The maximum absolute atomic E-state index is 9.25. The summed E-state index contributed by atoms with van der Waals surface area (Å²) in [5.74, 6) is -0.981.